The fourth-order valence-electron chi connectivity index (χ4n) is 1.78. The fourth-order valence-corrected chi connectivity index (χ4v) is 2.28. The number of anilines is 1. The summed E-state index contributed by atoms with van der Waals surface area (Å²) >= 11 is 9.54. The van der Waals surface area contributed by atoms with Crippen molar-refractivity contribution in [1.29, 1.82) is 0 Å². The van der Waals surface area contributed by atoms with Crippen molar-refractivity contribution >= 4 is 33.3 Å². The van der Waals surface area contributed by atoms with Crippen LogP contribution in [0.4, 0.5) is 5.82 Å². The largest absolute Gasteiger partial charge is 0.437 e. The van der Waals surface area contributed by atoms with E-state index < -0.39 is 0 Å². The Hall–Kier alpha value is -1.33. The van der Waals surface area contributed by atoms with Crippen LogP contribution < -0.4 is 10.1 Å². The Bertz CT molecular complexity index is 607. The number of hydrogen-bond acceptors (Lipinski definition) is 4. The third-order valence-electron chi connectivity index (χ3n) is 2.70. The topological polar surface area (TPSA) is 47.0 Å². The summed E-state index contributed by atoms with van der Waals surface area (Å²) in [4.78, 5) is 8.45. The molecule has 0 unspecified atom stereocenters. The average molecular weight is 357 g/mol. The van der Waals surface area contributed by atoms with Gasteiger partial charge in [0.1, 0.15) is 17.9 Å². The highest BCUT2D eigenvalue weighted by molar-refractivity contribution is 9.10. The van der Waals surface area contributed by atoms with Gasteiger partial charge in [0.25, 0.3) is 0 Å². The zero-order valence-corrected chi connectivity index (χ0v) is 13.6. The molecule has 0 spiro atoms. The molecular weight excluding hydrogens is 342 g/mol. The van der Waals surface area contributed by atoms with Crippen molar-refractivity contribution < 1.29 is 4.74 Å². The Morgan fingerprint density at radius 2 is 2.10 bits per heavy atom. The second-order valence-corrected chi connectivity index (χ2v) is 5.39. The summed E-state index contributed by atoms with van der Waals surface area (Å²) in [6, 6.07) is 5.45. The lowest BCUT2D eigenvalue weighted by atomic mass is 10.2. The van der Waals surface area contributed by atoms with Gasteiger partial charge in [-0.25, -0.2) is 9.97 Å². The molecule has 0 amide bonds. The lowest BCUT2D eigenvalue weighted by molar-refractivity contribution is 0.455. The molecule has 4 nitrogen and oxygen atoms in total. The molecule has 0 aliphatic heterocycles. The molecule has 0 aliphatic rings. The Morgan fingerprint density at radius 3 is 2.80 bits per heavy atom. The number of nitrogens with zero attached hydrogens (tertiary/aromatic N) is 2. The van der Waals surface area contributed by atoms with Crippen molar-refractivity contribution in [2.24, 2.45) is 0 Å². The third-order valence-corrected chi connectivity index (χ3v) is 3.51. The van der Waals surface area contributed by atoms with E-state index in [9.17, 15) is 0 Å². The maximum atomic E-state index is 6.14. The smallest absolute Gasteiger partial charge is 0.227 e. The summed E-state index contributed by atoms with van der Waals surface area (Å²) in [7, 11) is 0. The monoisotopic (exact) mass is 355 g/mol. The first-order valence-corrected chi connectivity index (χ1v) is 7.53. The van der Waals surface area contributed by atoms with E-state index in [4.69, 9.17) is 16.3 Å². The molecular formula is C14H15BrClN3O. The van der Waals surface area contributed by atoms with Crippen molar-refractivity contribution in [2.75, 3.05) is 11.9 Å². The van der Waals surface area contributed by atoms with Crippen molar-refractivity contribution in [3.8, 4) is 11.6 Å². The van der Waals surface area contributed by atoms with Gasteiger partial charge >= 0.3 is 0 Å². The van der Waals surface area contributed by atoms with Gasteiger partial charge in [-0.05, 0) is 31.5 Å². The fraction of sp³-hybridized carbons (Fsp3) is 0.286. The SMILES string of the molecule is CCNc1ncnc(Oc2cc(Br)ccc2Cl)c1CC. The normalized spacial score (nSPS) is 10.4. The third kappa shape index (κ3) is 3.41. The molecule has 0 atom stereocenters. The Morgan fingerprint density at radius 1 is 1.30 bits per heavy atom. The van der Waals surface area contributed by atoms with Crippen LogP contribution in [-0.4, -0.2) is 16.5 Å². The molecule has 106 valence electrons. The summed E-state index contributed by atoms with van der Waals surface area (Å²) in [5.41, 5.74) is 0.936. The van der Waals surface area contributed by atoms with E-state index in [0.717, 1.165) is 28.8 Å². The Labute approximate surface area is 131 Å². The van der Waals surface area contributed by atoms with Crippen LogP contribution >= 0.6 is 27.5 Å². The van der Waals surface area contributed by atoms with Gasteiger partial charge in [-0.15, -0.1) is 0 Å². The molecule has 1 N–H and O–H groups in total. The van der Waals surface area contributed by atoms with Gasteiger partial charge in [0, 0.05) is 11.0 Å². The highest BCUT2D eigenvalue weighted by Gasteiger charge is 2.13. The molecule has 1 aromatic heterocycles. The van der Waals surface area contributed by atoms with E-state index in [-0.39, 0.29) is 0 Å². The zero-order valence-electron chi connectivity index (χ0n) is 11.3. The number of ether oxygens (including phenoxy) is 1. The van der Waals surface area contributed by atoms with E-state index in [1.807, 2.05) is 26.0 Å². The Balaban J connectivity index is 2.37. The average Bonchev–Trinajstić information content (AvgIpc) is 2.43. The molecule has 2 aromatic rings. The van der Waals surface area contributed by atoms with Gasteiger partial charge in [-0.2, -0.15) is 0 Å². The summed E-state index contributed by atoms with van der Waals surface area (Å²) < 4.78 is 6.74. The number of hydrogen-bond donors (Lipinski definition) is 1. The standard InChI is InChI=1S/C14H15BrClN3O/c1-3-10-13(17-4-2)18-8-19-14(10)20-12-7-9(15)5-6-11(12)16/h5-8H,3-4H2,1-2H3,(H,17,18,19). The van der Waals surface area contributed by atoms with E-state index in [1.165, 1.54) is 6.33 Å². The lowest BCUT2D eigenvalue weighted by Gasteiger charge is -2.13. The van der Waals surface area contributed by atoms with E-state index in [0.29, 0.717) is 16.7 Å². The van der Waals surface area contributed by atoms with Crippen LogP contribution in [0.5, 0.6) is 11.6 Å². The molecule has 0 bridgehead atoms. The van der Waals surface area contributed by atoms with Gasteiger partial charge in [0.2, 0.25) is 5.88 Å². The molecule has 0 fully saturated rings. The number of nitrogens with one attached hydrogen (secondary N) is 1. The molecule has 1 aromatic carbocycles. The first-order chi connectivity index (χ1) is 9.65. The van der Waals surface area contributed by atoms with E-state index in [1.54, 1.807) is 6.07 Å². The van der Waals surface area contributed by atoms with Crippen LogP contribution in [-0.2, 0) is 6.42 Å². The zero-order chi connectivity index (χ0) is 14.5. The van der Waals surface area contributed by atoms with E-state index >= 15 is 0 Å². The molecule has 1 heterocycles. The summed E-state index contributed by atoms with van der Waals surface area (Å²) in [6.07, 6.45) is 2.25. The minimum Gasteiger partial charge on any atom is -0.437 e. The maximum absolute atomic E-state index is 6.14. The first kappa shape index (κ1) is 15.1. The molecule has 0 aliphatic carbocycles. The lowest BCUT2D eigenvalue weighted by Crippen LogP contribution is -2.05. The minimum atomic E-state index is 0.526. The summed E-state index contributed by atoms with van der Waals surface area (Å²) in [6.45, 7) is 4.85. The molecule has 6 heteroatoms. The highest BCUT2D eigenvalue weighted by Crippen LogP contribution is 2.33. The first-order valence-electron chi connectivity index (χ1n) is 6.36. The maximum Gasteiger partial charge on any atom is 0.227 e. The summed E-state index contributed by atoms with van der Waals surface area (Å²) in [5, 5.41) is 3.75. The molecule has 0 saturated heterocycles. The molecule has 0 saturated carbocycles. The van der Waals surface area contributed by atoms with Crippen molar-refractivity contribution in [1.82, 2.24) is 9.97 Å². The van der Waals surface area contributed by atoms with Gasteiger partial charge in [-0.3, -0.25) is 0 Å². The van der Waals surface area contributed by atoms with Crippen LogP contribution in [0.25, 0.3) is 0 Å². The van der Waals surface area contributed by atoms with Crippen molar-refractivity contribution in [3.05, 3.63) is 39.6 Å². The van der Waals surface area contributed by atoms with Gasteiger partial charge in [-0.1, -0.05) is 34.5 Å². The quantitative estimate of drug-likeness (QED) is 0.845. The number of aromatic nitrogens is 2. The van der Waals surface area contributed by atoms with Crippen molar-refractivity contribution in [2.45, 2.75) is 20.3 Å². The molecule has 0 radical (unpaired) electrons. The van der Waals surface area contributed by atoms with Crippen LogP contribution in [0, 0.1) is 0 Å². The van der Waals surface area contributed by atoms with Crippen LogP contribution in [0.2, 0.25) is 5.02 Å². The Kier molecular flexibility index (Phi) is 5.20. The second-order valence-electron chi connectivity index (χ2n) is 4.07. The molecule has 2 rings (SSSR count). The van der Waals surface area contributed by atoms with Gasteiger partial charge in [0.15, 0.2) is 0 Å². The predicted molar refractivity (Wildman–Crippen MR) is 84.8 cm³/mol. The highest BCUT2D eigenvalue weighted by atomic mass is 79.9. The number of halogens is 2. The van der Waals surface area contributed by atoms with E-state index in [2.05, 4.69) is 31.2 Å². The number of benzene rings is 1. The molecule has 20 heavy (non-hydrogen) atoms. The van der Waals surface area contributed by atoms with Crippen LogP contribution in [0.1, 0.15) is 19.4 Å². The van der Waals surface area contributed by atoms with Crippen LogP contribution in [0.3, 0.4) is 0 Å². The number of rotatable bonds is 5. The van der Waals surface area contributed by atoms with Gasteiger partial charge < -0.3 is 10.1 Å². The minimum absolute atomic E-state index is 0.526. The van der Waals surface area contributed by atoms with Crippen molar-refractivity contribution in [3.63, 3.8) is 0 Å². The summed E-state index contributed by atoms with van der Waals surface area (Å²) in [5.74, 6) is 1.89. The predicted octanol–water partition coefficient (Wildman–Crippen LogP) is 4.68. The second kappa shape index (κ2) is 6.90. The van der Waals surface area contributed by atoms with Crippen LogP contribution in [0.15, 0.2) is 29.0 Å². The van der Waals surface area contributed by atoms with Gasteiger partial charge in [0.05, 0.1) is 10.6 Å².